The average molecular weight is 282 g/mol. The molecule has 0 radical (unpaired) electrons. The Kier molecular flexibility index (Phi) is 3.39. The van der Waals surface area contributed by atoms with Gasteiger partial charge >= 0.3 is 0 Å². The fraction of sp³-hybridized carbons (Fsp3) is 0.538. The van der Waals surface area contributed by atoms with Gasteiger partial charge in [0.25, 0.3) is 0 Å². The van der Waals surface area contributed by atoms with Gasteiger partial charge in [-0.2, -0.15) is 4.98 Å². The SMILES string of the molecule is CCCN(CC1CC1)c1nc(Cl)nc2ccsc12. The summed E-state index contributed by atoms with van der Waals surface area (Å²) in [6.45, 7) is 4.35. The Balaban J connectivity index is 2.00. The van der Waals surface area contributed by atoms with Gasteiger partial charge in [-0.15, -0.1) is 11.3 Å². The van der Waals surface area contributed by atoms with E-state index in [1.807, 2.05) is 6.07 Å². The van der Waals surface area contributed by atoms with Gasteiger partial charge < -0.3 is 4.90 Å². The summed E-state index contributed by atoms with van der Waals surface area (Å²) in [7, 11) is 0. The molecule has 2 heterocycles. The van der Waals surface area contributed by atoms with Crippen molar-refractivity contribution >= 4 is 39.0 Å². The lowest BCUT2D eigenvalue weighted by molar-refractivity contribution is 0.701. The van der Waals surface area contributed by atoms with E-state index in [0.29, 0.717) is 5.28 Å². The van der Waals surface area contributed by atoms with Gasteiger partial charge in [0.05, 0.1) is 10.2 Å². The Morgan fingerprint density at radius 1 is 1.44 bits per heavy atom. The molecular formula is C13H16ClN3S. The number of halogens is 1. The fourth-order valence-corrected chi connectivity index (χ4v) is 3.22. The van der Waals surface area contributed by atoms with Crippen molar-refractivity contribution in [2.45, 2.75) is 26.2 Å². The van der Waals surface area contributed by atoms with Gasteiger partial charge in [0.2, 0.25) is 5.28 Å². The largest absolute Gasteiger partial charge is 0.355 e. The summed E-state index contributed by atoms with van der Waals surface area (Å²) in [5.74, 6) is 1.87. The smallest absolute Gasteiger partial charge is 0.224 e. The lowest BCUT2D eigenvalue weighted by Gasteiger charge is -2.23. The van der Waals surface area contributed by atoms with Crippen LogP contribution in [0.25, 0.3) is 10.2 Å². The number of nitrogens with zero attached hydrogens (tertiary/aromatic N) is 3. The van der Waals surface area contributed by atoms with Gasteiger partial charge in [-0.1, -0.05) is 6.92 Å². The van der Waals surface area contributed by atoms with Gasteiger partial charge in [0.1, 0.15) is 0 Å². The molecule has 96 valence electrons. The zero-order valence-corrected chi connectivity index (χ0v) is 12.0. The first-order chi connectivity index (χ1) is 8.78. The molecule has 0 aliphatic heterocycles. The first-order valence-corrected chi connectivity index (χ1v) is 7.69. The number of fused-ring (bicyclic) bond motifs is 1. The van der Waals surface area contributed by atoms with E-state index < -0.39 is 0 Å². The molecule has 2 aromatic rings. The minimum atomic E-state index is 0.354. The van der Waals surface area contributed by atoms with Gasteiger partial charge in [0.15, 0.2) is 5.82 Å². The van der Waals surface area contributed by atoms with Crippen LogP contribution in [0.3, 0.4) is 0 Å². The maximum absolute atomic E-state index is 6.03. The van der Waals surface area contributed by atoms with E-state index in [2.05, 4.69) is 27.2 Å². The number of thiophene rings is 1. The van der Waals surface area contributed by atoms with Gasteiger partial charge in [-0.3, -0.25) is 0 Å². The van der Waals surface area contributed by atoms with E-state index in [4.69, 9.17) is 11.6 Å². The third kappa shape index (κ3) is 2.45. The van der Waals surface area contributed by atoms with Crippen LogP contribution in [-0.4, -0.2) is 23.1 Å². The van der Waals surface area contributed by atoms with Crippen LogP contribution in [0.4, 0.5) is 5.82 Å². The third-order valence-corrected chi connectivity index (χ3v) is 4.30. The highest BCUT2D eigenvalue weighted by Crippen LogP contribution is 2.35. The van der Waals surface area contributed by atoms with Crippen LogP contribution in [0, 0.1) is 5.92 Å². The highest BCUT2D eigenvalue weighted by atomic mass is 35.5. The first kappa shape index (κ1) is 12.2. The minimum Gasteiger partial charge on any atom is -0.355 e. The number of hydrogen-bond donors (Lipinski definition) is 0. The summed E-state index contributed by atoms with van der Waals surface area (Å²) in [4.78, 5) is 11.1. The van der Waals surface area contributed by atoms with Crippen LogP contribution in [-0.2, 0) is 0 Å². The number of rotatable bonds is 5. The molecule has 3 rings (SSSR count). The van der Waals surface area contributed by atoms with Crippen molar-refractivity contribution < 1.29 is 0 Å². The van der Waals surface area contributed by atoms with E-state index in [9.17, 15) is 0 Å². The van der Waals surface area contributed by atoms with Crippen molar-refractivity contribution in [1.82, 2.24) is 9.97 Å². The molecule has 0 unspecified atom stereocenters. The van der Waals surface area contributed by atoms with E-state index in [1.165, 1.54) is 12.8 Å². The van der Waals surface area contributed by atoms with E-state index >= 15 is 0 Å². The lowest BCUT2D eigenvalue weighted by Crippen LogP contribution is -2.27. The molecule has 0 aromatic carbocycles. The summed E-state index contributed by atoms with van der Waals surface area (Å²) in [6.07, 6.45) is 3.83. The molecule has 0 saturated heterocycles. The molecular weight excluding hydrogens is 266 g/mol. The summed E-state index contributed by atoms with van der Waals surface area (Å²) in [5, 5.41) is 2.41. The summed E-state index contributed by atoms with van der Waals surface area (Å²) in [6, 6.07) is 2.01. The minimum absolute atomic E-state index is 0.354. The van der Waals surface area contributed by atoms with Crippen LogP contribution in [0.1, 0.15) is 26.2 Å². The second-order valence-electron chi connectivity index (χ2n) is 4.84. The van der Waals surface area contributed by atoms with Crippen LogP contribution >= 0.6 is 22.9 Å². The quantitative estimate of drug-likeness (QED) is 0.777. The van der Waals surface area contributed by atoms with Crippen molar-refractivity contribution in [2.24, 2.45) is 5.92 Å². The Bertz CT molecular complexity index is 550. The van der Waals surface area contributed by atoms with Crippen molar-refractivity contribution in [3.05, 3.63) is 16.7 Å². The van der Waals surface area contributed by atoms with Gasteiger partial charge in [-0.05, 0) is 48.2 Å². The second kappa shape index (κ2) is 5.02. The normalized spacial score (nSPS) is 15.2. The molecule has 18 heavy (non-hydrogen) atoms. The molecule has 1 aliphatic carbocycles. The van der Waals surface area contributed by atoms with Crippen LogP contribution in [0.2, 0.25) is 5.28 Å². The summed E-state index contributed by atoms with van der Waals surface area (Å²) >= 11 is 7.73. The van der Waals surface area contributed by atoms with E-state index in [1.54, 1.807) is 11.3 Å². The maximum Gasteiger partial charge on any atom is 0.224 e. The van der Waals surface area contributed by atoms with Crippen molar-refractivity contribution in [1.29, 1.82) is 0 Å². The second-order valence-corrected chi connectivity index (χ2v) is 6.09. The Morgan fingerprint density at radius 2 is 2.28 bits per heavy atom. The predicted molar refractivity (Wildman–Crippen MR) is 77.7 cm³/mol. The third-order valence-electron chi connectivity index (χ3n) is 3.23. The molecule has 1 fully saturated rings. The Labute approximate surface area is 116 Å². The molecule has 2 aromatic heterocycles. The zero-order chi connectivity index (χ0) is 12.5. The standard InChI is InChI=1S/C13H16ClN3S/c1-2-6-17(8-9-3-4-9)12-11-10(5-7-18-11)15-13(14)16-12/h5,7,9H,2-4,6,8H2,1H3. The fourth-order valence-electron chi connectivity index (χ4n) is 2.20. The molecule has 5 heteroatoms. The molecule has 0 bridgehead atoms. The van der Waals surface area contributed by atoms with Crippen molar-refractivity contribution in [2.75, 3.05) is 18.0 Å². The number of aromatic nitrogens is 2. The summed E-state index contributed by atoms with van der Waals surface area (Å²) in [5.41, 5.74) is 0.965. The molecule has 0 N–H and O–H groups in total. The molecule has 0 atom stereocenters. The molecule has 3 nitrogen and oxygen atoms in total. The highest BCUT2D eigenvalue weighted by molar-refractivity contribution is 7.17. The number of anilines is 1. The van der Waals surface area contributed by atoms with Crippen LogP contribution in [0.5, 0.6) is 0 Å². The molecule has 1 saturated carbocycles. The Hall–Kier alpha value is -0.870. The van der Waals surface area contributed by atoms with E-state index in [-0.39, 0.29) is 0 Å². The lowest BCUT2D eigenvalue weighted by atomic mass is 10.3. The van der Waals surface area contributed by atoms with E-state index in [0.717, 1.165) is 41.5 Å². The van der Waals surface area contributed by atoms with Gasteiger partial charge in [-0.25, -0.2) is 4.98 Å². The summed E-state index contributed by atoms with van der Waals surface area (Å²) < 4.78 is 1.16. The van der Waals surface area contributed by atoms with Crippen LogP contribution in [0.15, 0.2) is 11.4 Å². The Morgan fingerprint density at radius 3 is 3.00 bits per heavy atom. The molecule has 1 aliphatic rings. The number of hydrogen-bond acceptors (Lipinski definition) is 4. The van der Waals surface area contributed by atoms with Crippen molar-refractivity contribution in [3.8, 4) is 0 Å². The van der Waals surface area contributed by atoms with Crippen LogP contribution < -0.4 is 4.90 Å². The monoisotopic (exact) mass is 281 g/mol. The van der Waals surface area contributed by atoms with Gasteiger partial charge in [0, 0.05) is 13.1 Å². The van der Waals surface area contributed by atoms with Crippen molar-refractivity contribution in [3.63, 3.8) is 0 Å². The average Bonchev–Trinajstić information content (AvgIpc) is 3.03. The molecule has 0 amide bonds. The topological polar surface area (TPSA) is 29.0 Å². The zero-order valence-electron chi connectivity index (χ0n) is 10.4. The first-order valence-electron chi connectivity index (χ1n) is 6.43. The maximum atomic E-state index is 6.03. The highest BCUT2D eigenvalue weighted by Gasteiger charge is 2.26. The predicted octanol–water partition coefficient (Wildman–Crippen LogP) is 3.97. The molecule has 0 spiro atoms.